The van der Waals surface area contributed by atoms with Gasteiger partial charge < -0.3 is 4.90 Å². The minimum Gasteiger partial charge on any atom is -0.338 e. The van der Waals surface area contributed by atoms with Gasteiger partial charge in [-0.1, -0.05) is 18.9 Å². The van der Waals surface area contributed by atoms with Crippen molar-refractivity contribution < 1.29 is 17.6 Å². The minimum atomic E-state index is -3.70. The standard InChI is InChI=1S/C21H30FN3O3S/c22-18-7-3-8-19(15-18)29(27,28)24-13-11-23(12-14-24)16-21(26)25-10-4-6-17-5-1-2-9-20(17)25/h3,7-8,15,17,20H,1-2,4-6,9-14,16H2/t17-,20+/m0/s1. The van der Waals surface area contributed by atoms with Crippen molar-refractivity contribution in [3.8, 4) is 0 Å². The zero-order valence-electron chi connectivity index (χ0n) is 16.8. The molecule has 0 radical (unpaired) electrons. The number of fused-ring (bicyclic) bond motifs is 1. The van der Waals surface area contributed by atoms with Crippen LogP contribution >= 0.6 is 0 Å². The number of carbonyl (C=O) groups is 1. The smallest absolute Gasteiger partial charge is 0.243 e. The number of carbonyl (C=O) groups excluding carboxylic acids is 1. The summed E-state index contributed by atoms with van der Waals surface area (Å²) in [6.07, 6.45) is 7.19. The van der Waals surface area contributed by atoms with Gasteiger partial charge in [-0.3, -0.25) is 9.69 Å². The highest BCUT2D eigenvalue weighted by atomic mass is 32.2. The Morgan fingerprint density at radius 2 is 1.72 bits per heavy atom. The van der Waals surface area contributed by atoms with Crippen molar-refractivity contribution >= 4 is 15.9 Å². The molecule has 2 aliphatic heterocycles. The molecule has 4 rings (SSSR count). The van der Waals surface area contributed by atoms with Crippen LogP contribution in [0.1, 0.15) is 38.5 Å². The number of nitrogens with zero attached hydrogens (tertiary/aromatic N) is 3. The number of rotatable bonds is 4. The molecule has 1 aliphatic carbocycles. The maximum Gasteiger partial charge on any atom is 0.243 e. The average molecular weight is 424 g/mol. The Morgan fingerprint density at radius 3 is 2.48 bits per heavy atom. The SMILES string of the molecule is O=C(CN1CCN(S(=O)(=O)c2cccc(F)c2)CC1)N1CCC[C@@H]2CCCC[C@H]21. The molecule has 0 spiro atoms. The lowest BCUT2D eigenvalue weighted by Gasteiger charge is -2.45. The van der Waals surface area contributed by atoms with Gasteiger partial charge in [0.2, 0.25) is 15.9 Å². The quantitative estimate of drug-likeness (QED) is 0.746. The molecule has 1 saturated carbocycles. The molecule has 3 fully saturated rings. The van der Waals surface area contributed by atoms with Crippen LogP contribution in [0.5, 0.6) is 0 Å². The van der Waals surface area contributed by atoms with E-state index >= 15 is 0 Å². The molecule has 0 unspecified atom stereocenters. The lowest BCUT2D eigenvalue weighted by Crippen LogP contribution is -2.55. The van der Waals surface area contributed by atoms with E-state index in [1.165, 1.54) is 48.2 Å². The van der Waals surface area contributed by atoms with Gasteiger partial charge in [-0.05, 0) is 49.8 Å². The largest absolute Gasteiger partial charge is 0.338 e. The predicted octanol–water partition coefficient (Wildman–Crippen LogP) is 2.31. The summed E-state index contributed by atoms with van der Waals surface area (Å²) in [5.41, 5.74) is 0. The molecule has 1 aromatic carbocycles. The second kappa shape index (κ2) is 8.70. The number of sulfonamides is 1. The van der Waals surface area contributed by atoms with Crippen molar-refractivity contribution in [3.05, 3.63) is 30.1 Å². The molecule has 160 valence electrons. The van der Waals surface area contributed by atoms with Gasteiger partial charge >= 0.3 is 0 Å². The average Bonchev–Trinajstić information content (AvgIpc) is 2.73. The Hall–Kier alpha value is -1.51. The topological polar surface area (TPSA) is 60.9 Å². The summed E-state index contributed by atoms with van der Waals surface area (Å²) in [7, 11) is -3.70. The third-order valence-corrected chi connectivity index (χ3v) is 8.58. The highest BCUT2D eigenvalue weighted by Gasteiger charge is 2.36. The predicted molar refractivity (Wildman–Crippen MR) is 108 cm³/mol. The number of hydrogen-bond donors (Lipinski definition) is 0. The number of amides is 1. The summed E-state index contributed by atoms with van der Waals surface area (Å²) in [5, 5.41) is 0. The number of benzene rings is 1. The Kier molecular flexibility index (Phi) is 6.22. The van der Waals surface area contributed by atoms with Crippen molar-refractivity contribution in [2.45, 2.75) is 49.5 Å². The van der Waals surface area contributed by atoms with Crippen molar-refractivity contribution in [1.82, 2.24) is 14.1 Å². The first-order valence-corrected chi connectivity index (χ1v) is 12.2. The van der Waals surface area contributed by atoms with Crippen LogP contribution in [0, 0.1) is 11.7 Å². The van der Waals surface area contributed by atoms with Crippen molar-refractivity contribution in [2.24, 2.45) is 5.92 Å². The van der Waals surface area contributed by atoms with Crippen molar-refractivity contribution in [1.29, 1.82) is 0 Å². The van der Waals surface area contributed by atoms with E-state index in [2.05, 4.69) is 4.90 Å². The van der Waals surface area contributed by atoms with E-state index in [0.29, 0.717) is 44.7 Å². The minimum absolute atomic E-state index is 0.0151. The van der Waals surface area contributed by atoms with Gasteiger partial charge in [0.15, 0.2) is 0 Å². The highest BCUT2D eigenvalue weighted by molar-refractivity contribution is 7.89. The third-order valence-electron chi connectivity index (χ3n) is 6.69. The zero-order valence-corrected chi connectivity index (χ0v) is 17.6. The summed E-state index contributed by atoms with van der Waals surface area (Å²) < 4.78 is 40.3. The maximum atomic E-state index is 13.4. The van der Waals surface area contributed by atoms with Crippen LogP contribution < -0.4 is 0 Å². The van der Waals surface area contributed by atoms with Crippen molar-refractivity contribution in [2.75, 3.05) is 39.3 Å². The van der Waals surface area contributed by atoms with Gasteiger partial charge in [-0.15, -0.1) is 0 Å². The van der Waals surface area contributed by atoms with E-state index in [1.54, 1.807) is 0 Å². The fraction of sp³-hybridized carbons (Fsp3) is 0.667. The molecule has 8 heteroatoms. The van der Waals surface area contributed by atoms with Crippen molar-refractivity contribution in [3.63, 3.8) is 0 Å². The number of piperidine rings is 1. The van der Waals surface area contributed by atoms with E-state index < -0.39 is 15.8 Å². The molecule has 1 aromatic rings. The monoisotopic (exact) mass is 423 g/mol. The second-order valence-electron chi connectivity index (χ2n) is 8.48. The summed E-state index contributed by atoms with van der Waals surface area (Å²) in [5.74, 6) is 0.288. The van der Waals surface area contributed by atoms with Crippen LogP contribution in [0.2, 0.25) is 0 Å². The van der Waals surface area contributed by atoms with E-state index in [9.17, 15) is 17.6 Å². The first kappa shape index (κ1) is 20.8. The first-order valence-electron chi connectivity index (χ1n) is 10.7. The fourth-order valence-electron chi connectivity index (χ4n) is 5.12. The normalized spacial score (nSPS) is 26.9. The van der Waals surface area contributed by atoms with E-state index in [4.69, 9.17) is 0 Å². The zero-order chi connectivity index (χ0) is 20.4. The lowest BCUT2D eigenvalue weighted by atomic mass is 9.78. The van der Waals surface area contributed by atoms with E-state index in [1.807, 2.05) is 4.90 Å². The molecular weight excluding hydrogens is 393 g/mol. The lowest BCUT2D eigenvalue weighted by molar-refractivity contribution is -0.139. The summed E-state index contributed by atoms with van der Waals surface area (Å²) >= 11 is 0. The molecule has 29 heavy (non-hydrogen) atoms. The molecule has 2 atom stereocenters. The Labute approximate surface area is 172 Å². The molecule has 2 saturated heterocycles. The van der Waals surface area contributed by atoms with Gasteiger partial charge in [0.1, 0.15) is 5.82 Å². The molecule has 3 aliphatic rings. The second-order valence-corrected chi connectivity index (χ2v) is 10.4. The van der Waals surface area contributed by atoms with Crippen LogP contribution in [0.25, 0.3) is 0 Å². The molecule has 0 bridgehead atoms. The van der Waals surface area contributed by atoms with E-state index in [-0.39, 0.29) is 10.8 Å². The Bertz CT molecular complexity index is 837. The van der Waals surface area contributed by atoms with Gasteiger partial charge in [0.05, 0.1) is 11.4 Å². The van der Waals surface area contributed by atoms with Crippen LogP contribution in [0.4, 0.5) is 4.39 Å². The van der Waals surface area contributed by atoms with Gasteiger partial charge in [-0.2, -0.15) is 4.31 Å². The third kappa shape index (κ3) is 4.49. The Balaban J connectivity index is 1.33. The Morgan fingerprint density at radius 1 is 1.00 bits per heavy atom. The van der Waals surface area contributed by atoms with Gasteiger partial charge in [0.25, 0.3) is 0 Å². The molecule has 2 heterocycles. The molecule has 1 amide bonds. The van der Waals surface area contributed by atoms with Gasteiger partial charge in [0, 0.05) is 38.8 Å². The summed E-state index contributed by atoms with van der Waals surface area (Å²) in [6, 6.07) is 5.53. The fourth-order valence-corrected chi connectivity index (χ4v) is 6.58. The van der Waals surface area contributed by atoms with Gasteiger partial charge in [-0.25, -0.2) is 12.8 Å². The highest BCUT2D eigenvalue weighted by Crippen LogP contribution is 2.35. The molecule has 0 aromatic heterocycles. The number of halogens is 1. The number of piperazine rings is 1. The van der Waals surface area contributed by atoms with Crippen LogP contribution in [0.15, 0.2) is 29.2 Å². The molecular formula is C21H30FN3O3S. The summed E-state index contributed by atoms with van der Waals surface area (Å²) in [6.45, 7) is 2.88. The number of hydrogen-bond acceptors (Lipinski definition) is 4. The van der Waals surface area contributed by atoms with E-state index in [0.717, 1.165) is 25.5 Å². The first-order chi connectivity index (χ1) is 13.9. The molecule has 6 nitrogen and oxygen atoms in total. The van der Waals surface area contributed by atoms with Crippen LogP contribution in [-0.2, 0) is 14.8 Å². The molecule has 0 N–H and O–H groups in total. The maximum absolute atomic E-state index is 13.4. The van der Waals surface area contributed by atoms with Crippen LogP contribution in [-0.4, -0.2) is 73.7 Å². The number of likely N-dealkylation sites (tertiary alicyclic amines) is 1. The summed E-state index contributed by atoms with van der Waals surface area (Å²) in [4.78, 5) is 17.1. The van der Waals surface area contributed by atoms with Crippen LogP contribution in [0.3, 0.4) is 0 Å².